The van der Waals surface area contributed by atoms with Crippen molar-refractivity contribution in [1.82, 2.24) is 14.3 Å². The first-order valence-corrected chi connectivity index (χ1v) is 7.68. The van der Waals surface area contributed by atoms with E-state index in [0.717, 1.165) is 25.9 Å². The van der Waals surface area contributed by atoms with Gasteiger partial charge in [0.15, 0.2) is 0 Å². The van der Waals surface area contributed by atoms with Gasteiger partial charge in [0.2, 0.25) is 11.5 Å². The molecule has 0 saturated carbocycles. The normalized spacial score (nSPS) is 17.2. The number of anilines is 1. The van der Waals surface area contributed by atoms with Gasteiger partial charge < -0.3 is 20.3 Å². The minimum atomic E-state index is -0.369. The molecular weight excluding hydrogens is 282 g/mol. The third-order valence-corrected chi connectivity index (χ3v) is 4.28. The lowest BCUT2D eigenvalue weighted by Crippen LogP contribution is -2.42. The Bertz CT molecular complexity index is 674. The summed E-state index contributed by atoms with van der Waals surface area (Å²) < 4.78 is 1.52. The van der Waals surface area contributed by atoms with E-state index >= 15 is 0 Å². The van der Waals surface area contributed by atoms with Crippen LogP contribution in [0.25, 0.3) is 5.65 Å². The van der Waals surface area contributed by atoms with Crippen LogP contribution in [0.3, 0.4) is 0 Å². The summed E-state index contributed by atoms with van der Waals surface area (Å²) in [6.45, 7) is 6.41. The standard InChI is InChI=1S/C15H21N5O2/c1-11(2)18-9-6-12(7-10-18)16-14-15(20(21)22)19-8-4-3-5-13(19)17-14/h3-5,8,11-12,16H,6-7,9-10H2,1-2H3. The predicted molar refractivity (Wildman–Crippen MR) is 85.2 cm³/mol. The zero-order chi connectivity index (χ0) is 15.7. The summed E-state index contributed by atoms with van der Waals surface area (Å²) in [6.07, 6.45) is 3.62. The molecule has 2 aromatic heterocycles. The number of fused-ring (bicyclic) bond motifs is 1. The highest BCUT2D eigenvalue weighted by Crippen LogP contribution is 2.27. The first-order valence-electron chi connectivity index (χ1n) is 7.68. The topological polar surface area (TPSA) is 75.7 Å². The Morgan fingerprint density at radius 1 is 1.36 bits per heavy atom. The second-order valence-electron chi connectivity index (χ2n) is 6.02. The number of nitrogens with one attached hydrogen (secondary N) is 1. The van der Waals surface area contributed by atoms with Gasteiger partial charge in [-0.3, -0.25) is 0 Å². The van der Waals surface area contributed by atoms with E-state index in [2.05, 4.69) is 29.0 Å². The average Bonchev–Trinajstić information content (AvgIpc) is 2.85. The van der Waals surface area contributed by atoms with Crippen LogP contribution in [-0.2, 0) is 0 Å². The molecule has 0 spiro atoms. The molecule has 118 valence electrons. The van der Waals surface area contributed by atoms with E-state index in [9.17, 15) is 10.1 Å². The molecule has 0 atom stereocenters. The molecule has 0 aliphatic carbocycles. The molecule has 3 heterocycles. The molecule has 0 amide bonds. The van der Waals surface area contributed by atoms with Crippen LogP contribution < -0.4 is 5.32 Å². The van der Waals surface area contributed by atoms with Crippen LogP contribution in [0.1, 0.15) is 26.7 Å². The number of imidazole rings is 1. The van der Waals surface area contributed by atoms with Crippen LogP contribution in [-0.4, -0.2) is 44.4 Å². The van der Waals surface area contributed by atoms with Crippen molar-refractivity contribution in [3.63, 3.8) is 0 Å². The number of piperidine rings is 1. The van der Waals surface area contributed by atoms with E-state index in [4.69, 9.17) is 0 Å². The molecule has 0 bridgehead atoms. The third-order valence-electron chi connectivity index (χ3n) is 4.28. The van der Waals surface area contributed by atoms with Crippen LogP contribution in [0.2, 0.25) is 0 Å². The molecule has 0 aromatic carbocycles. The lowest BCUT2D eigenvalue weighted by molar-refractivity contribution is -0.389. The summed E-state index contributed by atoms with van der Waals surface area (Å²) in [7, 11) is 0. The van der Waals surface area contributed by atoms with Crippen LogP contribution in [0.5, 0.6) is 0 Å². The van der Waals surface area contributed by atoms with Gasteiger partial charge in [-0.1, -0.05) is 6.07 Å². The summed E-state index contributed by atoms with van der Waals surface area (Å²) in [5, 5.41) is 14.7. The van der Waals surface area contributed by atoms with Gasteiger partial charge in [0.25, 0.3) is 0 Å². The van der Waals surface area contributed by atoms with Gasteiger partial charge in [0, 0.05) is 31.2 Å². The monoisotopic (exact) mass is 303 g/mol. The van der Waals surface area contributed by atoms with E-state index in [-0.39, 0.29) is 16.8 Å². The van der Waals surface area contributed by atoms with Crippen molar-refractivity contribution in [3.05, 3.63) is 34.5 Å². The van der Waals surface area contributed by atoms with E-state index in [1.807, 2.05) is 6.07 Å². The summed E-state index contributed by atoms with van der Waals surface area (Å²) in [5.74, 6) is 0.390. The number of aromatic nitrogens is 2. The second-order valence-corrected chi connectivity index (χ2v) is 6.02. The second kappa shape index (κ2) is 5.92. The van der Waals surface area contributed by atoms with Crippen molar-refractivity contribution in [2.75, 3.05) is 18.4 Å². The Kier molecular flexibility index (Phi) is 3.98. The molecule has 2 aromatic rings. The predicted octanol–water partition coefficient (Wildman–Crippen LogP) is 2.53. The highest BCUT2D eigenvalue weighted by atomic mass is 16.6. The Labute approximate surface area is 129 Å². The number of pyridine rings is 1. The van der Waals surface area contributed by atoms with Crippen molar-refractivity contribution >= 4 is 17.3 Å². The number of nitro groups is 1. The quantitative estimate of drug-likeness (QED) is 0.694. The van der Waals surface area contributed by atoms with Crippen LogP contribution in [0, 0.1) is 10.1 Å². The molecule has 1 aliphatic heterocycles. The fourth-order valence-electron chi connectivity index (χ4n) is 3.01. The number of hydrogen-bond donors (Lipinski definition) is 1. The lowest BCUT2D eigenvalue weighted by Gasteiger charge is -2.34. The number of rotatable bonds is 4. The van der Waals surface area contributed by atoms with Crippen molar-refractivity contribution in [2.24, 2.45) is 0 Å². The highest BCUT2D eigenvalue weighted by molar-refractivity contribution is 5.62. The van der Waals surface area contributed by atoms with Gasteiger partial charge in [0.05, 0.1) is 6.20 Å². The maximum absolute atomic E-state index is 11.4. The first kappa shape index (κ1) is 14.8. The van der Waals surface area contributed by atoms with E-state index < -0.39 is 0 Å². The summed E-state index contributed by atoms with van der Waals surface area (Å²) in [4.78, 5) is 17.8. The van der Waals surface area contributed by atoms with Crippen LogP contribution in [0.15, 0.2) is 24.4 Å². The van der Waals surface area contributed by atoms with E-state index in [1.165, 1.54) is 4.40 Å². The number of hydrogen-bond acceptors (Lipinski definition) is 5. The molecule has 0 radical (unpaired) electrons. The fourth-order valence-corrected chi connectivity index (χ4v) is 3.01. The van der Waals surface area contributed by atoms with Crippen molar-refractivity contribution in [3.8, 4) is 0 Å². The molecule has 1 aliphatic rings. The Hall–Kier alpha value is -2.15. The smallest absolute Gasteiger partial charge is 0.360 e. The largest absolute Gasteiger partial charge is 0.372 e. The summed E-state index contributed by atoms with van der Waals surface area (Å²) >= 11 is 0. The van der Waals surface area contributed by atoms with E-state index in [1.54, 1.807) is 18.3 Å². The van der Waals surface area contributed by atoms with Crippen LogP contribution >= 0.6 is 0 Å². The zero-order valence-corrected chi connectivity index (χ0v) is 12.9. The van der Waals surface area contributed by atoms with Gasteiger partial charge in [-0.25, -0.2) is 0 Å². The van der Waals surface area contributed by atoms with Gasteiger partial charge in [-0.2, -0.15) is 9.38 Å². The number of nitrogens with zero attached hydrogens (tertiary/aromatic N) is 4. The lowest BCUT2D eigenvalue weighted by atomic mass is 10.0. The Morgan fingerprint density at radius 3 is 2.73 bits per heavy atom. The molecule has 7 heteroatoms. The Balaban J connectivity index is 1.80. The molecular formula is C15H21N5O2. The molecule has 3 rings (SSSR count). The Morgan fingerprint density at radius 2 is 2.09 bits per heavy atom. The molecule has 1 N–H and O–H groups in total. The fraction of sp³-hybridized carbons (Fsp3) is 0.533. The summed E-state index contributed by atoms with van der Waals surface area (Å²) in [6, 6.07) is 6.16. The maximum atomic E-state index is 11.4. The molecule has 7 nitrogen and oxygen atoms in total. The molecule has 0 unspecified atom stereocenters. The zero-order valence-electron chi connectivity index (χ0n) is 12.9. The molecule has 22 heavy (non-hydrogen) atoms. The van der Waals surface area contributed by atoms with Crippen molar-refractivity contribution in [1.29, 1.82) is 0 Å². The molecule has 1 saturated heterocycles. The van der Waals surface area contributed by atoms with Crippen molar-refractivity contribution < 1.29 is 4.92 Å². The maximum Gasteiger partial charge on any atom is 0.372 e. The van der Waals surface area contributed by atoms with Crippen LogP contribution in [0.4, 0.5) is 11.6 Å². The van der Waals surface area contributed by atoms with Gasteiger partial charge >= 0.3 is 5.82 Å². The summed E-state index contributed by atoms with van der Waals surface area (Å²) in [5.41, 5.74) is 0.594. The average molecular weight is 303 g/mol. The SMILES string of the molecule is CC(C)N1CCC(Nc2nc3ccccn3c2[N+](=O)[O-])CC1. The van der Waals surface area contributed by atoms with Gasteiger partial charge in [0.1, 0.15) is 0 Å². The van der Waals surface area contributed by atoms with E-state index in [0.29, 0.717) is 17.5 Å². The molecule has 1 fully saturated rings. The highest BCUT2D eigenvalue weighted by Gasteiger charge is 2.27. The minimum absolute atomic E-state index is 0.0156. The van der Waals surface area contributed by atoms with Gasteiger partial charge in [-0.15, -0.1) is 0 Å². The first-order chi connectivity index (χ1) is 10.6. The minimum Gasteiger partial charge on any atom is -0.360 e. The van der Waals surface area contributed by atoms with Crippen molar-refractivity contribution in [2.45, 2.75) is 38.8 Å². The van der Waals surface area contributed by atoms with Gasteiger partial charge in [-0.05, 0) is 37.7 Å². The third kappa shape index (κ3) is 2.76. The number of likely N-dealkylation sites (tertiary alicyclic amines) is 1.